The molecule has 28 heavy (non-hydrogen) atoms. The lowest BCUT2D eigenvalue weighted by atomic mass is 10.2. The maximum absolute atomic E-state index is 7.01. The van der Waals surface area contributed by atoms with Gasteiger partial charge in [0.05, 0.1) is 6.10 Å². The molecule has 1 unspecified atom stereocenters. The van der Waals surface area contributed by atoms with Crippen molar-refractivity contribution in [3.8, 4) is 0 Å². The molecule has 0 rings (SSSR count). The first kappa shape index (κ1) is 27.9. The molecule has 0 aliphatic carbocycles. The maximum atomic E-state index is 7.01. The molecular formula is C26H54OSi. The minimum atomic E-state index is -1.63. The summed E-state index contributed by atoms with van der Waals surface area (Å²) >= 11 is 0. The highest BCUT2D eigenvalue weighted by Crippen LogP contribution is 2.32. The summed E-state index contributed by atoms with van der Waals surface area (Å²) in [6.45, 7) is 11.5. The third-order valence-corrected chi connectivity index (χ3v) is 10.7. The van der Waals surface area contributed by atoms with Crippen LogP contribution in [0.1, 0.15) is 131 Å². The molecule has 2 heteroatoms. The summed E-state index contributed by atoms with van der Waals surface area (Å²) in [7, 11) is -1.63. The quantitative estimate of drug-likeness (QED) is 0.104. The molecule has 0 aliphatic heterocycles. The van der Waals surface area contributed by atoms with E-state index < -0.39 is 8.32 Å². The van der Waals surface area contributed by atoms with Crippen LogP contribution in [0.2, 0.25) is 18.1 Å². The van der Waals surface area contributed by atoms with Crippen molar-refractivity contribution in [1.29, 1.82) is 0 Å². The monoisotopic (exact) mass is 410 g/mol. The molecule has 1 atom stereocenters. The van der Waals surface area contributed by atoms with E-state index in [4.69, 9.17) is 4.43 Å². The van der Waals surface area contributed by atoms with Crippen LogP contribution in [-0.4, -0.2) is 14.4 Å². The maximum Gasteiger partial charge on any atom is 0.193 e. The zero-order valence-electron chi connectivity index (χ0n) is 20.4. The van der Waals surface area contributed by atoms with Gasteiger partial charge in [-0.25, -0.2) is 0 Å². The molecule has 0 bridgehead atoms. The Balaban J connectivity index is 4.96. The number of hydrogen-bond donors (Lipinski definition) is 0. The van der Waals surface area contributed by atoms with Gasteiger partial charge in [-0.2, -0.15) is 0 Å². The lowest BCUT2D eigenvalue weighted by Gasteiger charge is -2.34. The zero-order valence-corrected chi connectivity index (χ0v) is 21.4. The molecule has 1 nitrogen and oxygen atoms in total. The third-order valence-electron chi connectivity index (χ3n) is 6.03. The van der Waals surface area contributed by atoms with E-state index >= 15 is 0 Å². The lowest BCUT2D eigenvalue weighted by Crippen LogP contribution is -2.40. The van der Waals surface area contributed by atoms with Crippen LogP contribution in [0.5, 0.6) is 0 Å². The first-order valence-electron chi connectivity index (χ1n) is 13.0. The Morgan fingerprint density at radius 3 is 1.43 bits per heavy atom. The molecule has 0 heterocycles. The van der Waals surface area contributed by atoms with Crippen molar-refractivity contribution in [2.75, 3.05) is 0 Å². The normalized spacial score (nSPS) is 13.5. The van der Waals surface area contributed by atoms with Gasteiger partial charge in [-0.05, 0) is 31.5 Å². The SMILES string of the molecule is CCCC/C=C/C(C)O[Si](CCCCCC)(CCCCCC)CCCCCC. The molecule has 0 amide bonds. The van der Waals surface area contributed by atoms with Gasteiger partial charge < -0.3 is 4.43 Å². The van der Waals surface area contributed by atoms with Crippen LogP contribution in [0.15, 0.2) is 12.2 Å². The van der Waals surface area contributed by atoms with Gasteiger partial charge in [-0.15, -0.1) is 0 Å². The molecule has 0 saturated carbocycles. The predicted octanol–water partition coefficient (Wildman–Crippen LogP) is 9.82. The molecule has 0 aromatic carbocycles. The van der Waals surface area contributed by atoms with Crippen molar-refractivity contribution in [3.05, 3.63) is 12.2 Å². The van der Waals surface area contributed by atoms with Gasteiger partial charge in [0.1, 0.15) is 0 Å². The molecule has 0 N–H and O–H groups in total. The average molecular weight is 411 g/mol. The highest BCUT2D eigenvalue weighted by Gasteiger charge is 2.34. The van der Waals surface area contributed by atoms with Crippen molar-refractivity contribution >= 4 is 8.32 Å². The second kappa shape index (κ2) is 20.2. The standard InChI is InChI=1S/C26H54OSi/c1-6-10-14-18-22-26(5)27-28(23-19-15-11-7-2,24-20-16-12-8-3)25-21-17-13-9-4/h18,22,26H,6-17,19-21,23-25H2,1-5H3/b22-18+. The van der Waals surface area contributed by atoms with E-state index in [1.807, 2.05) is 0 Å². The number of hydrogen-bond acceptors (Lipinski definition) is 1. The molecule has 0 aromatic rings. The van der Waals surface area contributed by atoms with Crippen LogP contribution in [0.4, 0.5) is 0 Å². The lowest BCUT2D eigenvalue weighted by molar-refractivity contribution is 0.246. The van der Waals surface area contributed by atoms with Gasteiger partial charge in [-0.1, -0.05) is 130 Å². The minimum absolute atomic E-state index is 0.312. The molecule has 0 radical (unpaired) electrons. The fraction of sp³-hybridized carbons (Fsp3) is 0.923. The van der Waals surface area contributed by atoms with E-state index in [-0.39, 0.29) is 0 Å². The highest BCUT2D eigenvalue weighted by molar-refractivity contribution is 6.73. The van der Waals surface area contributed by atoms with Crippen LogP contribution >= 0.6 is 0 Å². The van der Waals surface area contributed by atoms with Gasteiger partial charge in [0.15, 0.2) is 8.32 Å². The fourth-order valence-electron chi connectivity index (χ4n) is 4.22. The molecule has 168 valence electrons. The number of unbranched alkanes of at least 4 members (excludes halogenated alkanes) is 11. The molecule has 0 saturated heterocycles. The van der Waals surface area contributed by atoms with E-state index in [2.05, 4.69) is 46.8 Å². The summed E-state index contributed by atoms with van der Waals surface area (Å²) in [5.74, 6) is 0. The predicted molar refractivity (Wildman–Crippen MR) is 132 cm³/mol. The van der Waals surface area contributed by atoms with Crippen LogP contribution < -0.4 is 0 Å². The van der Waals surface area contributed by atoms with Crippen molar-refractivity contribution in [1.82, 2.24) is 0 Å². The van der Waals surface area contributed by atoms with Gasteiger partial charge in [0.25, 0.3) is 0 Å². The largest absolute Gasteiger partial charge is 0.411 e. The van der Waals surface area contributed by atoms with Crippen molar-refractivity contribution in [2.24, 2.45) is 0 Å². The van der Waals surface area contributed by atoms with Gasteiger partial charge in [0.2, 0.25) is 0 Å². The molecule has 0 aromatic heterocycles. The molecule has 0 fully saturated rings. The summed E-state index contributed by atoms with van der Waals surface area (Å²) in [5, 5.41) is 0. The molecule has 0 spiro atoms. The summed E-state index contributed by atoms with van der Waals surface area (Å²) < 4.78 is 7.01. The smallest absolute Gasteiger partial charge is 0.193 e. The van der Waals surface area contributed by atoms with Crippen LogP contribution in [0.25, 0.3) is 0 Å². The van der Waals surface area contributed by atoms with Crippen molar-refractivity contribution < 1.29 is 4.43 Å². The van der Waals surface area contributed by atoms with Gasteiger partial charge in [-0.3, -0.25) is 0 Å². The minimum Gasteiger partial charge on any atom is -0.411 e. The van der Waals surface area contributed by atoms with Crippen molar-refractivity contribution in [2.45, 2.75) is 155 Å². The van der Waals surface area contributed by atoms with E-state index in [1.165, 1.54) is 114 Å². The Kier molecular flexibility index (Phi) is 20.1. The first-order chi connectivity index (χ1) is 13.6. The van der Waals surface area contributed by atoms with Crippen LogP contribution in [0, 0.1) is 0 Å². The second-order valence-electron chi connectivity index (χ2n) is 9.01. The van der Waals surface area contributed by atoms with E-state index in [1.54, 1.807) is 0 Å². The van der Waals surface area contributed by atoms with Crippen LogP contribution in [0.3, 0.4) is 0 Å². The zero-order chi connectivity index (χ0) is 20.9. The number of allylic oxidation sites excluding steroid dienone is 1. The second-order valence-corrected chi connectivity index (χ2v) is 13.1. The summed E-state index contributed by atoms with van der Waals surface area (Å²) in [4.78, 5) is 0. The summed E-state index contributed by atoms with van der Waals surface area (Å²) in [6, 6.07) is 4.20. The van der Waals surface area contributed by atoms with Gasteiger partial charge in [0, 0.05) is 0 Å². The Morgan fingerprint density at radius 1 is 0.607 bits per heavy atom. The topological polar surface area (TPSA) is 9.23 Å². The third kappa shape index (κ3) is 15.8. The molecular weight excluding hydrogens is 356 g/mol. The summed E-state index contributed by atoms with van der Waals surface area (Å²) in [6.07, 6.45) is 25.4. The van der Waals surface area contributed by atoms with Gasteiger partial charge >= 0.3 is 0 Å². The summed E-state index contributed by atoms with van der Waals surface area (Å²) in [5.41, 5.74) is 0. The van der Waals surface area contributed by atoms with Crippen molar-refractivity contribution in [3.63, 3.8) is 0 Å². The van der Waals surface area contributed by atoms with E-state index in [0.29, 0.717) is 6.10 Å². The fourth-order valence-corrected chi connectivity index (χ4v) is 8.87. The Labute approximate surface area is 180 Å². The highest BCUT2D eigenvalue weighted by atomic mass is 28.4. The Morgan fingerprint density at radius 2 is 1.04 bits per heavy atom. The Hall–Kier alpha value is -0.0831. The average Bonchev–Trinajstić information content (AvgIpc) is 2.69. The van der Waals surface area contributed by atoms with Crippen LogP contribution in [-0.2, 0) is 4.43 Å². The Bertz CT molecular complexity index is 308. The van der Waals surface area contributed by atoms with E-state index in [0.717, 1.165) is 0 Å². The van der Waals surface area contributed by atoms with E-state index in [9.17, 15) is 0 Å². The number of rotatable bonds is 21. The first-order valence-corrected chi connectivity index (χ1v) is 15.5. The molecule has 0 aliphatic rings.